The molecule has 0 radical (unpaired) electrons. The molecule has 0 heterocycles. The zero-order chi connectivity index (χ0) is 11.7. The Labute approximate surface area is 121 Å². The first-order valence-electron chi connectivity index (χ1n) is 5.45. The minimum Gasteiger partial charge on any atom is -1.00 e. The van der Waals surface area contributed by atoms with Gasteiger partial charge in [0.1, 0.15) is 12.7 Å². The summed E-state index contributed by atoms with van der Waals surface area (Å²) >= 11 is 0. The van der Waals surface area contributed by atoms with E-state index in [2.05, 4.69) is 0 Å². The first-order valence-corrected chi connectivity index (χ1v) is 5.45. The van der Waals surface area contributed by atoms with Crippen LogP contribution in [0.3, 0.4) is 0 Å². The molecule has 1 atom stereocenters. The standard InChI is InChI=1S/C11H20O4.Na.H/c1-4-6-10(12)14-8-9(3)15-11(13)7-5-2;;/h9H,4-8H2,1-3H3;;/q;+1;-1. The topological polar surface area (TPSA) is 52.6 Å². The summed E-state index contributed by atoms with van der Waals surface area (Å²) in [5, 5.41) is 0. The molecule has 0 amide bonds. The van der Waals surface area contributed by atoms with Gasteiger partial charge >= 0.3 is 41.5 Å². The van der Waals surface area contributed by atoms with E-state index in [1.807, 2.05) is 13.8 Å². The summed E-state index contributed by atoms with van der Waals surface area (Å²) in [6.45, 7) is 5.68. The van der Waals surface area contributed by atoms with E-state index in [4.69, 9.17) is 9.47 Å². The molecule has 90 valence electrons. The zero-order valence-corrected chi connectivity index (χ0v) is 12.7. The van der Waals surface area contributed by atoms with Crippen LogP contribution >= 0.6 is 0 Å². The maximum Gasteiger partial charge on any atom is 1.00 e. The molecule has 0 saturated carbocycles. The molecule has 0 aromatic heterocycles. The Bertz CT molecular complexity index is 212. The Hall–Kier alpha value is -0.0600. The second-order valence-corrected chi connectivity index (χ2v) is 3.48. The van der Waals surface area contributed by atoms with Crippen LogP contribution in [0.4, 0.5) is 0 Å². The minimum absolute atomic E-state index is 0. The van der Waals surface area contributed by atoms with Gasteiger partial charge in [-0.2, -0.15) is 0 Å². The van der Waals surface area contributed by atoms with Crippen LogP contribution in [0.5, 0.6) is 0 Å². The number of rotatable bonds is 7. The van der Waals surface area contributed by atoms with Gasteiger partial charge in [-0.25, -0.2) is 0 Å². The van der Waals surface area contributed by atoms with E-state index in [0.29, 0.717) is 12.8 Å². The summed E-state index contributed by atoms with van der Waals surface area (Å²) in [6, 6.07) is 0. The van der Waals surface area contributed by atoms with Crippen molar-refractivity contribution in [3.63, 3.8) is 0 Å². The predicted octanol–water partition coefficient (Wildman–Crippen LogP) is -0.822. The smallest absolute Gasteiger partial charge is 1.00 e. The fraction of sp³-hybridized carbons (Fsp3) is 0.818. The van der Waals surface area contributed by atoms with Crippen molar-refractivity contribution >= 4 is 11.9 Å². The number of hydrogen-bond donors (Lipinski definition) is 0. The van der Waals surface area contributed by atoms with E-state index in [9.17, 15) is 9.59 Å². The van der Waals surface area contributed by atoms with Crippen LogP contribution in [0.1, 0.15) is 47.9 Å². The van der Waals surface area contributed by atoms with Gasteiger partial charge in [-0.05, 0) is 19.8 Å². The molecular weight excluding hydrogens is 219 g/mol. The van der Waals surface area contributed by atoms with Gasteiger partial charge in [-0.15, -0.1) is 0 Å². The molecule has 4 nitrogen and oxygen atoms in total. The molecule has 0 bridgehead atoms. The molecule has 0 fully saturated rings. The van der Waals surface area contributed by atoms with Crippen LogP contribution in [-0.2, 0) is 19.1 Å². The molecule has 16 heavy (non-hydrogen) atoms. The van der Waals surface area contributed by atoms with Gasteiger partial charge < -0.3 is 10.9 Å². The van der Waals surface area contributed by atoms with Crippen molar-refractivity contribution in [3.8, 4) is 0 Å². The van der Waals surface area contributed by atoms with E-state index in [1.165, 1.54) is 0 Å². The Morgan fingerprint density at radius 1 is 1.12 bits per heavy atom. The molecule has 0 spiro atoms. The third-order valence-corrected chi connectivity index (χ3v) is 1.72. The van der Waals surface area contributed by atoms with Crippen molar-refractivity contribution in [2.45, 2.75) is 52.6 Å². The first-order chi connectivity index (χ1) is 7.10. The van der Waals surface area contributed by atoms with Gasteiger partial charge in [0.05, 0.1) is 0 Å². The average Bonchev–Trinajstić information content (AvgIpc) is 2.15. The molecule has 5 heteroatoms. The number of ether oxygens (including phenoxy) is 2. The largest absolute Gasteiger partial charge is 1.00 e. The summed E-state index contributed by atoms with van der Waals surface area (Å²) in [4.78, 5) is 22.1. The molecule has 0 N–H and O–H groups in total. The molecule has 0 aromatic carbocycles. The maximum atomic E-state index is 11.1. The zero-order valence-electron chi connectivity index (χ0n) is 11.7. The molecule has 0 rings (SSSR count). The molecule has 0 saturated heterocycles. The second-order valence-electron chi connectivity index (χ2n) is 3.48. The summed E-state index contributed by atoms with van der Waals surface area (Å²) in [5.74, 6) is -0.479. The fourth-order valence-corrected chi connectivity index (χ4v) is 1.01. The van der Waals surface area contributed by atoms with E-state index < -0.39 is 0 Å². The third-order valence-electron chi connectivity index (χ3n) is 1.72. The summed E-state index contributed by atoms with van der Waals surface area (Å²) in [7, 11) is 0. The van der Waals surface area contributed by atoms with Crippen molar-refractivity contribution in [2.24, 2.45) is 0 Å². The van der Waals surface area contributed by atoms with Crippen LogP contribution in [0, 0.1) is 0 Å². The minimum atomic E-state index is -0.357. The van der Waals surface area contributed by atoms with E-state index >= 15 is 0 Å². The Kier molecular flexibility index (Phi) is 13.1. The quantitative estimate of drug-likeness (QED) is 0.431. The molecule has 0 aliphatic heterocycles. The second kappa shape index (κ2) is 11.4. The van der Waals surface area contributed by atoms with Crippen molar-refractivity contribution in [1.29, 1.82) is 0 Å². The summed E-state index contributed by atoms with van der Waals surface area (Å²) in [6.07, 6.45) is 2.00. The monoisotopic (exact) mass is 240 g/mol. The molecule has 0 aliphatic carbocycles. The number of carbonyl (C=O) groups excluding carboxylic acids is 2. The van der Waals surface area contributed by atoms with Crippen molar-refractivity contribution in [3.05, 3.63) is 0 Å². The third kappa shape index (κ3) is 10.5. The molecule has 1 unspecified atom stereocenters. The Morgan fingerprint density at radius 2 is 1.62 bits per heavy atom. The fourth-order valence-electron chi connectivity index (χ4n) is 1.01. The van der Waals surface area contributed by atoms with E-state index in [-0.39, 0.29) is 55.6 Å². The number of esters is 2. The van der Waals surface area contributed by atoms with Crippen molar-refractivity contribution in [2.75, 3.05) is 6.61 Å². The van der Waals surface area contributed by atoms with E-state index in [0.717, 1.165) is 12.8 Å². The van der Waals surface area contributed by atoms with Gasteiger partial charge in [0, 0.05) is 12.8 Å². The predicted molar refractivity (Wildman–Crippen MR) is 57.4 cm³/mol. The van der Waals surface area contributed by atoms with Crippen molar-refractivity contribution in [1.82, 2.24) is 0 Å². The number of carbonyl (C=O) groups is 2. The number of hydrogen-bond acceptors (Lipinski definition) is 4. The van der Waals surface area contributed by atoms with Crippen LogP contribution in [-0.4, -0.2) is 24.6 Å². The average molecular weight is 240 g/mol. The Morgan fingerprint density at radius 3 is 2.12 bits per heavy atom. The van der Waals surface area contributed by atoms with E-state index in [1.54, 1.807) is 6.92 Å². The van der Waals surface area contributed by atoms with Gasteiger partial charge in [-0.3, -0.25) is 9.59 Å². The van der Waals surface area contributed by atoms with Gasteiger partial charge in [0.15, 0.2) is 0 Å². The van der Waals surface area contributed by atoms with Crippen molar-refractivity contribution < 1.29 is 50.0 Å². The van der Waals surface area contributed by atoms with Gasteiger partial charge in [0.25, 0.3) is 0 Å². The molecular formula is C11H21NaO4. The van der Waals surface area contributed by atoms with Gasteiger partial charge in [-0.1, -0.05) is 13.8 Å². The van der Waals surface area contributed by atoms with Crippen LogP contribution in [0.15, 0.2) is 0 Å². The normalized spacial score (nSPS) is 11.2. The van der Waals surface area contributed by atoms with Gasteiger partial charge in [0.2, 0.25) is 0 Å². The summed E-state index contributed by atoms with van der Waals surface area (Å²) < 4.78 is 9.91. The first kappa shape index (κ1) is 18.3. The molecule has 0 aromatic rings. The SMILES string of the molecule is CCCC(=O)OCC(C)OC(=O)CCC.[H-].[Na+]. The van der Waals surface area contributed by atoms with Crippen LogP contribution in [0.2, 0.25) is 0 Å². The van der Waals surface area contributed by atoms with Crippen LogP contribution in [0.25, 0.3) is 0 Å². The Balaban J connectivity index is -0.000000980. The maximum absolute atomic E-state index is 11.1. The summed E-state index contributed by atoms with van der Waals surface area (Å²) in [5.41, 5.74) is 0. The van der Waals surface area contributed by atoms with Crippen LogP contribution < -0.4 is 29.6 Å². The molecule has 0 aliphatic rings.